The maximum atomic E-state index is 5.17. The Balaban J connectivity index is 2.05. The molecule has 0 radical (unpaired) electrons. The smallest absolute Gasteiger partial charge is 0.0574 e. The molecule has 1 fully saturated rings. The third-order valence-corrected chi connectivity index (χ3v) is 2.78. The number of likely N-dealkylation sites (tertiary alicyclic amines) is 1. The molecular weight excluding hydrogens is 172 g/mol. The highest BCUT2D eigenvalue weighted by Gasteiger charge is 2.06. The van der Waals surface area contributed by atoms with Crippen molar-refractivity contribution in [2.24, 2.45) is 0 Å². The summed E-state index contributed by atoms with van der Waals surface area (Å²) in [6, 6.07) is 0. The summed E-state index contributed by atoms with van der Waals surface area (Å²) in [6.07, 6.45) is 12.2. The van der Waals surface area contributed by atoms with Gasteiger partial charge < -0.3 is 10.2 Å². The van der Waals surface area contributed by atoms with Crippen molar-refractivity contribution in [3.8, 4) is 12.3 Å². The van der Waals surface area contributed by atoms with Gasteiger partial charge in [-0.05, 0) is 25.9 Å². The van der Waals surface area contributed by atoms with Gasteiger partial charge in [0.05, 0.1) is 6.54 Å². The highest BCUT2D eigenvalue weighted by Crippen LogP contribution is 2.09. The van der Waals surface area contributed by atoms with Gasteiger partial charge in [0, 0.05) is 13.1 Å². The van der Waals surface area contributed by atoms with Gasteiger partial charge in [-0.3, -0.25) is 0 Å². The van der Waals surface area contributed by atoms with E-state index >= 15 is 0 Å². The number of nitrogens with zero attached hydrogens (tertiary/aromatic N) is 1. The first-order valence-electron chi connectivity index (χ1n) is 5.80. The molecule has 1 aliphatic heterocycles. The van der Waals surface area contributed by atoms with Gasteiger partial charge in [0.15, 0.2) is 0 Å². The van der Waals surface area contributed by atoms with Crippen LogP contribution in [0.5, 0.6) is 0 Å². The first kappa shape index (κ1) is 11.6. The Morgan fingerprint density at radius 3 is 2.36 bits per heavy atom. The zero-order valence-electron chi connectivity index (χ0n) is 9.10. The number of terminal acetylenes is 1. The molecule has 0 aromatic heterocycles. The van der Waals surface area contributed by atoms with Crippen molar-refractivity contribution in [1.82, 2.24) is 10.2 Å². The Bertz CT molecular complexity index is 164. The lowest BCUT2D eigenvalue weighted by atomic mass is 10.1. The summed E-state index contributed by atoms with van der Waals surface area (Å²) in [7, 11) is 0. The average Bonchev–Trinajstić information content (AvgIpc) is 2.15. The Labute approximate surface area is 88.1 Å². The molecule has 0 unspecified atom stereocenters. The number of rotatable bonds is 4. The molecule has 14 heavy (non-hydrogen) atoms. The molecule has 2 nitrogen and oxygen atoms in total. The first-order chi connectivity index (χ1) is 6.93. The van der Waals surface area contributed by atoms with Gasteiger partial charge in [-0.1, -0.05) is 25.2 Å². The molecule has 0 amide bonds. The molecule has 1 heterocycles. The maximum absolute atomic E-state index is 5.17. The van der Waals surface area contributed by atoms with Crippen LogP contribution in [0, 0.1) is 12.3 Å². The summed E-state index contributed by atoms with van der Waals surface area (Å²) in [5, 5.41) is 3.24. The molecule has 1 aliphatic rings. The van der Waals surface area contributed by atoms with E-state index in [9.17, 15) is 0 Å². The lowest BCUT2D eigenvalue weighted by Gasteiger charge is -2.24. The van der Waals surface area contributed by atoms with E-state index in [0.29, 0.717) is 6.54 Å². The van der Waals surface area contributed by atoms with E-state index in [0.717, 1.165) is 13.1 Å². The van der Waals surface area contributed by atoms with Crippen LogP contribution in [-0.4, -0.2) is 37.6 Å². The largest absolute Gasteiger partial charge is 0.305 e. The van der Waals surface area contributed by atoms with Crippen molar-refractivity contribution >= 4 is 0 Å². The van der Waals surface area contributed by atoms with Gasteiger partial charge in [0.2, 0.25) is 0 Å². The van der Waals surface area contributed by atoms with E-state index in [1.165, 1.54) is 45.2 Å². The van der Waals surface area contributed by atoms with E-state index in [2.05, 4.69) is 16.1 Å². The van der Waals surface area contributed by atoms with Crippen LogP contribution in [-0.2, 0) is 0 Å². The third kappa shape index (κ3) is 5.26. The summed E-state index contributed by atoms with van der Waals surface area (Å²) in [4.78, 5) is 2.56. The van der Waals surface area contributed by atoms with Gasteiger partial charge in [-0.25, -0.2) is 0 Å². The zero-order chi connectivity index (χ0) is 10.1. The molecule has 1 saturated heterocycles. The first-order valence-corrected chi connectivity index (χ1v) is 5.80. The van der Waals surface area contributed by atoms with Crippen LogP contribution in [0.1, 0.15) is 32.1 Å². The van der Waals surface area contributed by atoms with E-state index < -0.39 is 0 Å². The molecule has 0 saturated carbocycles. The van der Waals surface area contributed by atoms with Crippen molar-refractivity contribution in [3.05, 3.63) is 0 Å². The number of nitrogens with one attached hydrogen (secondary N) is 1. The van der Waals surface area contributed by atoms with Crippen LogP contribution in [0.25, 0.3) is 0 Å². The Morgan fingerprint density at radius 2 is 1.71 bits per heavy atom. The van der Waals surface area contributed by atoms with Crippen molar-refractivity contribution in [2.75, 3.05) is 32.7 Å². The van der Waals surface area contributed by atoms with Gasteiger partial charge in [-0.15, -0.1) is 6.42 Å². The summed E-state index contributed by atoms with van der Waals surface area (Å²) in [5.41, 5.74) is 0. The second-order valence-electron chi connectivity index (χ2n) is 3.99. The lowest BCUT2D eigenvalue weighted by molar-refractivity contribution is 0.248. The summed E-state index contributed by atoms with van der Waals surface area (Å²) < 4.78 is 0. The molecule has 0 atom stereocenters. The molecule has 0 spiro atoms. The van der Waals surface area contributed by atoms with Crippen molar-refractivity contribution in [1.29, 1.82) is 0 Å². The second kappa shape index (κ2) is 7.84. The van der Waals surface area contributed by atoms with Crippen LogP contribution in [0.15, 0.2) is 0 Å². The third-order valence-electron chi connectivity index (χ3n) is 2.78. The monoisotopic (exact) mass is 194 g/mol. The van der Waals surface area contributed by atoms with Gasteiger partial charge >= 0.3 is 0 Å². The molecule has 0 aromatic carbocycles. The van der Waals surface area contributed by atoms with E-state index in [4.69, 9.17) is 6.42 Å². The van der Waals surface area contributed by atoms with Gasteiger partial charge in [-0.2, -0.15) is 0 Å². The SMILES string of the molecule is C#CCNCCN1CCCCCCC1. The minimum atomic E-state index is 0.702. The lowest BCUT2D eigenvalue weighted by Crippen LogP contribution is -2.34. The molecule has 0 aromatic rings. The summed E-state index contributed by atoms with van der Waals surface area (Å²) in [5.74, 6) is 2.60. The molecule has 2 heteroatoms. The summed E-state index contributed by atoms with van der Waals surface area (Å²) in [6.45, 7) is 5.44. The van der Waals surface area contributed by atoms with Gasteiger partial charge in [0.1, 0.15) is 0 Å². The fourth-order valence-electron chi connectivity index (χ4n) is 1.93. The van der Waals surface area contributed by atoms with Crippen LogP contribution >= 0.6 is 0 Å². The molecule has 1 rings (SSSR count). The zero-order valence-corrected chi connectivity index (χ0v) is 9.10. The molecule has 0 aliphatic carbocycles. The minimum Gasteiger partial charge on any atom is -0.305 e. The number of hydrogen-bond acceptors (Lipinski definition) is 2. The Hall–Kier alpha value is -0.520. The van der Waals surface area contributed by atoms with Crippen molar-refractivity contribution in [3.63, 3.8) is 0 Å². The predicted molar refractivity (Wildman–Crippen MR) is 61.2 cm³/mol. The molecule has 80 valence electrons. The van der Waals surface area contributed by atoms with E-state index in [1.54, 1.807) is 0 Å². The van der Waals surface area contributed by atoms with E-state index in [1.807, 2.05) is 0 Å². The van der Waals surface area contributed by atoms with Crippen molar-refractivity contribution < 1.29 is 0 Å². The standard InChI is InChI=1S/C12H22N2/c1-2-8-13-9-12-14-10-6-4-3-5-7-11-14/h1,13H,3-12H2. The van der Waals surface area contributed by atoms with Crippen molar-refractivity contribution in [2.45, 2.75) is 32.1 Å². The Morgan fingerprint density at radius 1 is 1.07 bits per heavy atom. The highest BCUT2D eigenvalue weighted by atomic mass is 15.1. The minimum absolute atomic E-state index is 0.702. The van der Waals surface area contributed by atoms with Crippen LogP contribution in [0.3, 0.4) is 0 Å². The normalized spacial score (nSPS) is 19.6. The van der Waals surface area contributed by atoms with Crippen LogP contribution in [0.2, 0.25) is 0 Å². The number of hydrogen-bond donors (Lipinski definition) is 1. The quantitative estimate of drug-likeness (QED) is 0.538. The predicted octanol–water partition coefficient (Wildman–Crippen LogP) is 1.48. The maximum Gasteiger partial charge on any atom is 0.0574 e. The van der Waals surface area contributed by atoms with Gasteiger partial charge in [0.25, 0.3) is 0 Å². The molecule has 0 bridgehead atoms. The molecular formula is C12H22N2. The topological polar surface area (TPSA) is 15.3 Å². The summed E-state index contributed by atoms with van der Waals surface area (Å²) >= 11 is 0. The van der Waals surface area contributed by atoms with Crippen LogP contribution < -0.4 is 5.32 Å². The Kier molecular flexibility index (Phi) is 6.47. The fraction of sp³-hybridized carbons (Fsp3) is 0.833. The highest BCUT2D eigenvalue weighted by molar-refractivity contribution is 4.86. The second-order valence-corrected chi connectivity index (χ2v) is 3.99. The molecule has 1 N–H and O–H groups in total. The van der Waals surface area contributed by atoms with Crippen LogP contribution in [0.4, 0.5) is 0 Å². The van der Waals surface area contributed by atoms with E-state index in [-0.39, 0.29) is 0 Å². The average molecular weight is 194 g/mol. The fourth-order valence-corrected chi connectivity index (χ4v) is 1.93.